The Labute approximate surface area is 78.5 Å². The standard InChI is InChI=1S/C6H6ClN3OS/c1-12-3-2-4(7)9-10-5(3)6(8)11/h2H,1H3,(H2,8,11). The monoisotopic (exact) mass is 203 g/mol. The van der Waals surface area contributed by atoms with Gasteiger partial charge in [0.2, 0.25) is 0 Å². The summed E-state index contributed by atoms with van der Waals surface area (Å²) < 4.78 is 0. The van der Waals surface area contributed by atoms with Crippen LogP contribution in [0.25, 0.3) is 0 Å². The maximum Gasteiger partial charge on any atom is 0.270 e. The summed E-state index contributed by atoms with van der Waals surface area (Å²) in [5, 5.41) is 7.34. The third-order valence-corrected chi connectivity index (χ3v) is 2.12. The zero-order valence-corrected chi connectivity index (χ0v) is 7.82. The number of aromatic nitrogens is 2. The molecule has 0 bridgehead atoms. The molecule has 2 N–H and O–H groups in total. The SMILES string of the molecule is CSc1cc(Cl)nnc1C(N)=O. The van der Waals surface area contributed by atoms with Gasteiger partial charge >= 0.3 is 0 Å². The molecule has 0 aromatic carbocycles. The summed E-state index contributed by atoms with van der Waals surface area (Å²) in [4.78, 5) is 11.4. The molecule has 64 valence electrons. The third-order valence-electron chi connectivity index (χ3n) is 1.18. The fourth-order valence-electron chi connectivity index (χ4n) is 0.679. The summed E-state index contributed by atoms with van der Waals surface area (Å²) >= 11 is 6.91. The zero-order valence-electron chi connectivity index (χ0n) is 6.24. The van der Waals surface area contributed by atoms with Crippen LogP contribution in [0.3, 0.4) is 0 Å². The van der Waals surface area contributed by atoms with Crippen molar-refractivity contribution in [3.8, 4) is 0 Å². The van der Waals surface area contributed by atoms with Gasteiger partial charge in [-0.3, -0.25) is 4.79 Å². The summed E-state index contributed by atoms with van der Waals surface area (Å²) in [6, 6.07) is 1.55. The number of primary amides is 1. The van der Waals surface area contributed by atoms with Crippen LogP contribution in [0, 0.1) is 0 Å². The molecule has 1 amide bonds. The van der Waals surface area contributed by atoms with Crippen molar-refractivity contribution in [2.45, 2.75) is 4.90 Å². The summed E-state index contributed by atoms with van der Waals surface area (Å²) in [5.41, 5.74) is 5.20. The van der Waals surface area contributed by atoms with E-state index in [1.807, 2.05) is 0 Å². The molecule has 0 radical (unpaired) electrons. The van der Waals surface area contributed by atoms with Crippen molar-refractivity contribution in [3.63, 3.8) is 0 Å². The lowest BCUT2D eigenvalue weighted by Gasteiger charge is -2.00. The van der Waals surface area contributed by atoms with Crippen molar-refractivity contribution >= 4 is 29.3 Å². The molecule has 0 saturated heterocycles. The van der Waals surface area contributed by atoms with Crippen molar-refractivity contribution < 1.29 is 4.79 Å². The van der Waals surface area contributed by atoms with E-state index >= 15 is 0 Å². The molecule has 1 rings (SSSR count). The quantitative estimate of drug-likeness (QED) is 0.727. The molecular formula is C6H6ClN3OS. The minimum Gasteiger partial charge on any atom is -0.364 e. The van der Waals surface area contributed by atoms with Gasteiger partial charge in [0.25, 0.3) is 5.91 Å². The van der Waals surface area contributed by atoms with Gasteiger partial charge < -0.3 is 5.73 Å². The minimum absolute atomic E-state index is 0.159. The van der Waals surface area contributed by atoms with Crippen molar-refractivity contribution in [2.75, 3.05) is 6.26 Å². The van der Waals surface area contributed by atoms with Crippen LogP contribution in [-0.4, -0.2) is 22.4 Å². The molecule has 12 heavy (non-hydrogen) atoms. The maximum absolute atomic E-state index is 10.8. The maximum atomic E-state index is 10.8. The number of rotatable bonds is 2. The van der Waals surface area contributed by atoms with Crippen LogP contribution in [0.2, 0.25) is 5.15 Å². The Bertz CT molecular complexity index is 318. The zero-order chi connectivity index (χ0) is 9.14. The average molecular weight is 204 g/mol. The first-order valence-corrected chi connectivity index (χ1v) is 4.62. The minimum atomic E-state index is -0.594. The molecule has 4 nitrogen and oxygen atoms in total. The smallest absolute Gasteiger partial charge is 0.270 e. The first kappa shape index (κ1) is 9.28. The van der Waals surface area contributed by atoms with E-state index in [4.69, 9.17) is 17.3 Å². The molecular weight excluding hydrogens is 198 g/mol. The highest BCUT2D eigenvalue weighted by Crippen LogP contribution is 2.19. The van der Waals surface area contributed by atoms with Gasteiger partial charge in [0.1, 0.15) is 0 Å². The Hall–Kier alpha value is -0.810. The van der Waals surface area contributed by atoms with E-state index in [2.05, 4.69) is 10.2 Å². The van der Waals surface area contributed by atoms with Gasteiger partial charge in [-0.25, -0.2) is 0 Å². The largest absolute Gasteiger partial charge is 0.364 e. The van der Waals surface area contributed by atoms with Crippen molar-refractivity contribution in [2.24, 2.45) is 5.73 Å². The van der Waals surface area contributed by atoms with Crippen molar-refractivity contribution in [1.29, 1.82) is 0 Å². The summed E-state index contributed by atoms with van der Waals surface area (Å²) in [6.07, 6.45) is 1.81. The highest BCUT2D eigenvalue weighted by Gasteiger charge is 2.10. The summed E-state index contributed by atoms with van der Waals surface area (Å²) in [7, 11) is 0. The second kappa shape index (κ2) is 3.73. The van der Waals surface area contributed by atoms with Crippen molar-refractivity contribution in [1.82, 2.24) is 10.2 Å². The van der Waals surface area contributed by atoms with E-state index in [9.17, 15) is 4.79 Å². The van der Waals surface area contributed by atoms with Crippen LogP contribution in [0.5, 0.6) is 0 Å². The fraction of sp³-hybridized carbons (Fsp3) is 0.167. The number of hydrogen-bond donors (Lipinski definition) is 1. The first-order valence-electron chi connectivity index (χ1n) is 3.02. The van der Waals surface area contributed by atoms with E-state index in [-0.39, 0.29) is 10.8 Å². The Morgan fingerprint density at radius 2 is 2.33 bits per heavy atom. The Kier molecular flexibility index (Phi) is 2.88. The summed E-state index contributed by atoms with van der Waals surface area (Å²) in [5.74, 6) is -0.594. The number of carbonyl (C=O) groups is 1. The van der Waals surface area contributed by atoms with Gasteiger partial charge in [-0.2, -0.15) is 0 Å². The van der Waals surface area contributed by atoms with Gasteiger partial charge in [0, 0.05) is 4.90 Å². The lowest BCUT2D eigenvalue weighted by molar-refractivity contribution is 0.0991. The van der Waals surface area contributed by atoms with Crippen molar-refractivity contribution in [3.05, 3.63) is 16.9 Å². The predicted octanol–water partition coefficient (Wildman–Crippen LogP) is 0.951. The van der Waals surface area contributed by atoms with Crippen LogP contribution < -0.4 is 5.73 Å². The van der Waals surface area contributed by atoms with E-state index in [1.165, 1.54) is 11.8 Å². The molecule has 0 unspecified atom stereocenters. The van der Waals surface area contributed by atoms with Crippen LogP contribution in [0.15, 0.2) is 11.0 Å². The summed E-state index contributed by atoms with van der Waals surface area (Å²) in [6.45, 7) is 0. The van der Waals surface area contributed by atoms with Crippen LogP contribution in [-0.2, 0) is 0 Å². The Balaban J connectivity index is 3.20. The first-order chi connectivity index (χ1) is 5.65. The molecule has 1 aromatic heterocycles. The molecule has 0 aliphatic carbocycles. The molecule has 0 saturated carbocycles. The number of nitrogens with zero attached hydrogens (tertiary/aromatic N) is 2. The van der Waals surface area contributed by atoms with Crippen LogP contribution >= 0.6 is 23.4 Å². The normalized spacial score (nSPS) is 9.83. The van der Waals surface area contributed by atoms with Gasteiger partial charge in [0.15, 0.2) is 10.8 Å². The second-order valence-corrected chi connectivity index (χ2v) is 3.18. The number of thioether (sulfide) groups is 1. The Morgan fingerprint density at radius 3 is 2.83 bits per heavy atom. The van der Waals surface area contributed by atoms with Gasteiger partial charge in [-0.1, -0.05) is 11.6 Å². The Morgan fingerprint density at radius 1 is 1.67 bits per heavy atom. The number of amides is 1. The fourth-order valence-corrected chi connectivity index (χ4v) is 1.45. The molecule has 0 spiro atoms. The van der Waals surface area contributed by atoms with E-state index in [0.717, 1.165) is 0 Å². The van der Waals surface area contributed by atoms with Crippen LogP contribution in [0.4, 0.5) is 0 Å². The molecule has 6 heteroatoms. The second-order valence-electron chi connectivity index (χ2n) is 1.95. The highest BCUT2D eigenvalue weighted by atomic mass is 35.5. The lowest BCUT2D eigenvalue weighted by atomic mass is 10.4. The number of nitrogens with two attached hydrogens (primary N) is 1. The molecule has 0 fully saturated rings. The average Bonchev–Trinajstić information content (AvgIpc) is 2.03. The van der Waals surface area contributed by atoms with E-state index in [1.54, 1.807) is 12.3 Å². The topological polar surface area (TPSA) is 68.9 Å². The lowest BCUT2D eigenvalue weighted by Crippen LogP contribution is -2.15. The number of halogens is 1. The van der Waals surface area contributed by atoms with Crippen LogP contribution in [0.1, 0.15) is 10.5 Å². The highest BCUT2D eigenvalue weighted by molar-refractivity contribution is 7.98. The predicted molar refractivity (Wildman–Crippen MR) is 47.3 cm³/mol. The third kappa shape index (κ3) is 1.86. The number of carbonyl (C=O) groups excluding carboxylic acids is 1. The molecule has 1 aromatic rings. The molecule has 0 atom stereocenters. The van der Waals surface area contributed by atoms with Gasteiger partial charge in [-0.05, 0) is 12.3 Å². The van der Waals surface area contributed by atoms with E-state index in [0.29, 0.717) is 4.90 Å². The molecule has 0 aliphatic heterocycles. The number of hydrogen-bond acceptors (Lipinski definition) is 4. The van der Waals surface area contributed by atoms with E-state index < -0.39 is 5.91 Å². The molecule has 1 heterocycles. The van der Waals surface area contributed by atoms with Gasteiger partial charge in [-0.15, -0.1) is 22.0 Å². The molecule has 0 aliphatic rings. The van der Waals surface area contributed by atoms with Gasteiger partial charge in [0.05, 0.1) is 0 Å².